The highest BCUT2D eigenvalue weighted by molar-refractivity contribution is 5.81. The van der Waals surface area contributed by atoms with E-state index in [1.807, 2.05) is 47.4 Å². The van der Waals surface area contributed by atoms with Gasteiger partial charge in [-0.3, -0.25) is 9.69 Å². The normalized spacial score (nSPS) is 25.8. The number of carbonyl (C=O) groups is 1. The van der Waals surface area contributed by atoms with Crippen LogP contribution < -0.4 is 9.47 Å². The molecule has 0 radical (unpaired) electrons. The van der Waals surface area contributed by atoms with Crippen LogP contribution in [0.2, 0.25) is 0 Å². The van der Waals surface area contributed by atoms with E-state index in [0.717, 1.165) is 61.7 Å². The van der Waals surface area contributed by atoms with Crippen LogP contribution in [0.15, 0.2) is 48.5 Å². The van der Waals surface area contributed by atoms with Gasteiger partial charge in [-0.2, -0.15) is 0 Å². The Kier molecular flexibility index (Phi) is 5.13. The molecule has 6 nitrogen and oxygen atoms in total. The van der Waals surface area contributed by atoms with E-state index in [2.05, 4.69) is 11.0 Å². The molecule has 158 valence electrons. The van der Waals surface area contributed by atoms with Crippen LogP contribution in [0.4, 0.5) is 0 Å². The molecule has 6 heteroatoms. The molecule has 2 aromatic carbocycles. The molecule has 3 fully saturated rings. The zero-order chi connectivity index (χ0) is 20.6. The van der Waals surface area contributed by atoms with Gasteiger partial charge in [0.25, 0.3) is 0 Å². The summed E-state index contributed by atoms with van der Waals surface area (Å²) in [4.78, 5) is 16.9. The number of methoxy groups -OCH3 is 1. The molecule has 3 aliphatic rings. The summed E-state index contributed by atoms with van der Waals surface area (Å²) in [5.74, 6) is 1.70. The number of benzene rings is 2. The molecule has 3 saturated heterocycles. The van der Waals surface area contributed by atoms with E-state index < -0.39 is 5.72 Å². The summed E-state index contributed by atoms with van der Waals surface area (Å²) in [6.45, 7) is 3.78. The zero-order valence-corrected chi connectivity index (χ0v) is 17.4. The maximum Gasteiger partial charge on any atom is 0.226 e. The Morgan fingerprint density at radius 2 is 1.97 bits per heavy atom. The first kappa shape index (κ1) is 19.4. The van der Waals surface area contributed by atoms with Crippen LogP contribution in [0.25, 0.3) is 0 Å². The van der Waals surface area contributed by atoms with Crippen LogP contribution >= 0.6 is 0 Å². The summed E-state index contributed by atoms with van der Waals surface area (Å²) in [5, 5.41) is 0. The van der Waals surface area contributed by atoms with E-state index in [9.17, 15) is 4.79 Å². The minimum atomic E-state index is -0.405. The molecule has 3 heterocycles. The molecule has 0 unspecified atom stereocenters. The second kappa shape index (κ2) is 7.93. The van der Waals surface area contributed by atoms with Crippen LogP contribution in [-0.4, -0.2) is 54.3 Å². The molecule has 0 bridgehead atoms. The summed E-state index contributed by atoms with van der Waals surface area (Å²) >= 11 is 0. The van der Waals surface area contributed by atoms with E-state index in [0.29, 0.717) is 13.0 Å². The van der Waals surface area contributed by atoms with Crippen molar-refractivity contribution in [1.29, 1.82) is 0 Å². The zero-order valence-electron chi connectivity index (χ0n) is 17.4. The molecule has 1 spiro atoms. The fourth-order valence-corrected chi connectivity index (χ4v) is 5.12. The monoisotopic (exact) mass is 408 g/mol. The van der Waals surface area contributed by atoms with E-state index in [1.165, 1.54) is 0 Å². The fraction of sp³-hybridized carbons (Fsp3) is 0.458. The molecule has 5 rings (SSSR count). The summed E-state index contributed by atoms with van der Waals surface area (Å²) in [6.07, 6.45) is 2.37. The molecular weight excluding hydrogens is 380 g/mol. The topological polar surface area (TPSA) is 51.2 Å². The predicted octanol–water partition coefficient (Wildman–Crippen LogP) is 3.20. The van der Waals surface area contributed by atoms with Crippen LogP contribution in [0, 0.1) is 0 Å². The Hall–Kier alpha value is -2.57. The number of nitrogens with zero attached hydrogens (tertiary/aromatic N) is 2. The van der Waals surface area contributed by atoms with Crippen molar-refractivity contribution in [3.05, 3.63) is 59.7 Å². The van der Waals surface area contributed by atoms with Crippen LogP contribution in [0.3, 0.4) is 0 Å². The lowest BCUT2D eigenvalue weighted by atomic mass is 10.0. The van der Waals surface area contributed by atoms with Crippen molar-refractivity contribution in [2.45, 2.75) is 44.2 Å². The van der Waals surface area contributed by atoms with Gasteiger partial charge in [0.15, 0.2) is 17.2 Å². The van der Waals surface area contributed by atoms with Gasteiger partial charge in [0.05, 0.1) is 19.8 Å². The predicted molar refractivity (Wildman–Crippen MR) is 112 cm³/mol. The molecule has 0 saturated carbocycles. The third-order valence-corrected chi connectivity index (χ3v) is 6.57. The standard InChI is InChI=1S/C24H28N2O4/c1-28-21-14-19(8-9-20(21)29-17-18-6-3-2-4-7-18)16-25-12-10-24-22(25)15-23(27)26(24)11-5-13-30-24/h2-4,6-9,14,22H,5,10-13,15-17H2,1H3/t22-,24+/m1/s1. The number of likely N-dealkylation sites (tertiary alicyclic amines) is 1. The second-order valence-electron chi connectivity index (χ2n) is 8.29. The largest absolute Gasteiger partial charge is 0.493 e. The van der Waals surface area contributed by atoms with Gasteiger partial charge in [0.1, 0.15) is 6.61 Å². The Labute approximate surface area is 177 Å². The van der Waals surface area contributed by atoms with Crippen LogP contribution in [0.1, 0.15) is 30.4 Å². The van der Waals surface area contributed by atoms with Crippen LogP contribution in [0.5, 0.6) is 11.5 Å². The molecule has 0 aromatic heterocycles. The van der Waals surface area contributed by atoms with Crippen molar-refractivity contribution >= 4 is 5.91 Å². The van der Waals surface area contributed by atoms with Gasteiger partial charge < -0.3 is 19.1 Å². The average molecular weight is 408 g/mol. The number of ether oxygens (including phenoxy) is 3. The molecule has 2 atom stereocenters. The minimum Gasteiger partial charge on any atom is -0.493 e. The third-order valence-electron chi connectivity index (χ3n) is 6.57. The van der Waals surface area contributed by atoms with Crippen molar-refractivity contribution in [2.75, 3.05) is 26.8 Å². The highest BCUT2D eigenvalue weighted by Crippen LogP contribution is 2.45. The summed E-state index contributed by atoms with van der Waals surface area (Å²) < 4.78 is 17.8. The van der Waals surface area contributed by atoms with Crippen molar-refractivity contribution in [1.82, 2.24) is 9.80 Å². The molecule has 3 aliphatic heterocycles. The first-order chi connectivity index (χ1) is 14.7. The second-order valence-corrected chi connectivity index (χ2v) is 8.29. The van der Waals surface area contributed by atoms with E-state index in [4.69, 9.17) is 14.2 Å². The molecular formula is C24H28N2O4. The lowest BCUT2D eigenvalue weighted by Crippen LogP contribution is -2.56. The van der Waals surface area contributed by atoms with Crippen molar-refractivity contribution in [3.63, 3.8) is 0 Å². The van der Waals surface area contributed by atoms with E-state index in [1.54, 1.807) is 7.11 Å². The molecule has 2 aromatic rings. The summed E-state index contributed by atoms with van der Waals surface area (Å²) in [7, 11) is 1.67. The molecule has 30 heavy (non-hydrogen) atoms. The van der Waals surface area contributed by atoms with Gasteiger partial charge in [0.2, 0.25) is 5.91 Å². The van der Waals surface area contributed by atoms with Gasteiger partial charge >= 0.3 is 0 Å². The van der Waals surface area contributed by atoms with Crippen molar-refractivity contribution in [2.24, 2.45) is 0 Å². The van der Waals surface area contributed by atoms with Gasteiger partial charge in [-0.05, 0) is 29.7 Å². The first-order valence-corrected chi connectivity index (χ1v) is 10.7. The SMILES string of the molecule is COc1cc(CN2CC[C@@]34OCCCN3C(=O)C[C@@H]24)ccc1OCc1ccccc1. The first-order valence-electron chi connectivity index (χ1n) is 10.7. The maximum absolute atomic E-state index is 12.5. The van der Waals surface area contributed by atoms with Gasteiger partial charge in [-0.25, -0.2) is 0 Å². The number of amides is 1. The number of hydrogen-bond donors (Lipinski definition) is 0. The highest BCUT2D eigenvalue weighted by atomic mass is 16.5. The maximum atomic E-state index is 12.5. The average Bonchev–Trinajstić information content (AvgIpc) is 3.26. The summed E-state index contributed by atoms with van der Waals surface area (Å²) in [6, 6.07) is 16.3. The highest BCUT2D eigenvalue weighted by Gasteiger charge is 2.60. The summed E-state index contributed by atoms with van der Waals surface area (Å²) in [5.41, 5.74) is 1.87. The van der Waals surface area contributed by atoms with Crippen molar-refractivity contribution in [3.8, 4) is 11.5 Å². The van der Waals surface area contributed by atoms with Crippen molar-refractivity contribution < 1.29 is 19.0 Å². The minimum absolute atomic E-state index is 0.130. The Balaban J connectivity index is 1.29. The van der Waals surface area contributed by atoms with E-state index in [-0.39, 0.29) is 11.9 Å². The smallest absolute Gasteiger partial charge is 0.226 e. The molecule has 1 amide bonds. The van der Waals surface area contributed by atoms with E-state index >= 15 is 0 Å². The van der Waals surface area contributed by atoms with Gasteiger partial charge in [-0.15, -0.1) is 0 Å². The third kappa shape index (κ3) is 3.34. The Morgan fingerprint density at radius 3 is 2.80 bits per heavy atom. The lowest BCUT2D eigenvalue weighted by Gasteiger charge is -2.42. The quantitative estimate of drug-likeness (QED) is 0.735. The van der Waals surface area contributed by atoms with Gasteiger partial charge in [0, 0.05) is 32.5 Å². The Bertz CT molecular complexity index is 919. The van der Waals surface area contributed by atoms with Gasteiger partial charge in [-0.1, -0.05) is 36.4 Å². The van der Waals surface area contributed by atoms with Crippen LogP contribution in [-0.2, 0) is 22.7 Å². The number of rotatable bonds is 6. The number of hydrogen-bond acceptors (Lipinski definition) is 5. The fourth-order valence-electron chi connectivity index (χ4n) is 5.12. The lowest BCUT2D eigenvalue weighted by molar-refractivity contribution is -0.180. The molecule has 0 aliphatic carbocycles. The molecule has 0 N–H and O–H groups in total. The Morgan fingerprint density at radius 1 is 1.10 bits per heavy atom. The number of carbonyl (C=O) groups excluding carboxylic acids is 1.